The van der Waals surface area contributed by atoms with Crippen molar-refractivity contribution in [3.05, 3.63) is 47.6 Å². The molecule has 7 heteroatoms. The summed E-state index contributed by atoms with van der Waals surface area (Å²) in [7, 11) is 1.63. The number of hydrogen-bond donors (Lipinski definition) is 1. The first-order valence-corrected chi connectivity index (χ1v) is 7.55. The Labute approximate surface area is 142 Å². The van der Waals surface area contributed by atoms with Crippen LogP contribution in [0.15, 0.2) is 34.9 Å². The Morgan fingerprint density at radius 2 is 2.09 bits per heavy atom. The molecule has 1 fully saturated rings. The molecule has 3 atom stereocenters. The van der Waals surface area contributed by atoms with Gasteiger partial charge in [0.05, 0.1) is 6.54 Å². The summed E-state index contributed by atoms with van der Waals surface area (Å²) < 4.78 is 10.5. The summed E-state index contributed by atoms with van der Waals surface area (Å²) in [6.07, 6.45) is -0.157. The van der Waals surface area contributed by atoms with Crippen molar-refractivity contribution in [2.75, 3.05) is 20.2 Å². The summed E-state index contributed by atoms with van der Waals surface area (Å²) in [5.41, 5.74) is 7.59. The van der Waals surface area contributed by atoms with Gasteiger partial charge < -0.3 is 15.0 Å². The Morgan fingerprint density at radius 3 is 2.78 bits per heavy atom. The summed E-state index contributed by atoms with van der Waals surface area (Å²) >= 11 is 0. The number of nitrogens with two attached hydrogens (primary N) is 1. The maximum absolute atomic E-state index is 6.30. The Morgan fingerprint density at radius 1 is 1.35 bits per heavy atom. The van der Waals surface area contributed by atoms with Crippen molar-refractivity contribution < 1.29 is 9.26 Å². The van der Waals surface area contributed by atoms with Gasteiger partial charge in [0.15, 0.2) is 5.82 Å². The van der Waals surface area contributed by atoms with Crippen LogP contribution in [-0.4, -0.2) is 41.3 Å². The molecule has 1 aliphatic rings. The topological polar surface area (TPSA) is 77.4 Å². The maximum Gasteiger partial charge on any atom is 0.240 e. The van der Waals surface area contributed by atoms with Crippen LogP contribution in [0.3, 0.4) is 0 Å². The fraction of sp³-hybridized carbons (Fsp3) is 0.500. The quantitative estimate of drug-likeness (QED) is 0.899. The first-order chi connectivity index (χ1) is 10.7. The Hall–Kier alpha value is -1.47. The highest BCUT2D eigenvalue weighted by molar-refractivity contribution is 5.85. The molecule has 6 nitrogen and oxygen atoms in total. The Kier molecular flexibility index (Phi) is 6.12. The fourth-order valence-corrected chi connectivity index (χ4v) is 2.89. The fourth-order valence-electron chi connectivity index (χ4n) is 2.89. The van der Waals surface area contributed by atoms with E-state index in [2.05, 4.69) is 39.3 Å². The number of benzene rings is 1. The van der Waals surface area contributed by atoms with Crippen LogP contribution in [-0.2, 0) is 11.3 Å². The molecule has 1 aliphatic heterocycles. The summed E-state index contributed by atoms with van der Waals surface area (Å²) in [4.78, 5) is 6.64. The zero-order valence-corrected chi connectivity index (χ0v) is 14.2. The predicted molar refractivity (Wildman–Crippen MR) is 89.4 cm³/mol. The molecule has 1 unspecified atom stereocenters. The Bertz CT molecular complexity index is 607. The van der Waals surface area contributed by atoms with Gasteiger partial charge in [0, 0.05) is 32.2 Å². The average molecular weight is 339 g/mol. The molecule has 0 spiro atoms. The molecule has 0 radical (unpaired) electrons. The van der Waals surface area contributed by atoms with E-state index in [1.807, 2.05) is 13.0 Å². The summed E-state index contributed by atoms with van der Waals surface area (Å²) in [5, 5.41) is 3.96. The first kappa shape index (κ1) is 17.9. The summed E-state index contributed by atoms with van der Waals surface area (Å²) in [6, 6.07) is 10.5. The second-order valence-electron chi connectivity index (χ2n) is 5.80. The third kappa shape index (κ3) is 4.09. The van der Waals surface area contributed by atoms with Crippen LogP contribution in [0.25, 0.3) is 0 Å². The zero-order chi connectivity index (χ0) is 15.5. The van der Waals surface area contributed by atoms with Gasteiger partial charge >= 0.3 is 0 Å². The predicted octanol–water partition coefficient (Wildman–Crippen LogP) is 2.13. The van der Waals surface area contributed by atoms with E-state index in [1.165, 1.54) is 5.56 Å². The molecule has 1 aromatic heterocycles. The normalized spacial score (nSPS) is 22.7. The van der Waals surface area contributed by atoms with Crippen LogP contribution in [0, 0.1) is 0 Å². The molecule has 2 N–H and O–H groups in total. The highest BCUT2D eigenvalue weighted by atomic mass is 35.5. The third-order valence-corrected chi connectivity index (χ3v) is 4.23. The van der Waals surface area contributed by atoms with E-state index in [0.717, 1.165) is 13.1 Å². The molecule has 0 aliphatic carbocycles. The van der Waals surface area contributed by atoms with Gasteiger partial charge in [0.1, 0.15) is 6.10 Å². The maximum atomic E-state index is 6.30. The lowest BCUT2D eigenvalue weighted by atomic mass is 9.95. The van der Waals surface area contributed by atoms with Crippen LogP contribution < -0.4 is 5.73 Å². The van der Waals surface area contributed by atoms with Crippen molar-refractivity contribution in [3.63, 3.8) is 0 Å². The summed E-state index contributed by atoms with van der Waals surface area (Å²) in [6.45, 7) is 4.26. The number of hydrogen-bond acceptors (Lipinski definition) is 6. The van der Waals surface area contributed by atoms with Gasteiger partial charge in [-0.25, -0.2) is 0 Å². The van der Waals surface area contributed by atoms with Crippen molar-refractivity contribution in [3.8, 4) is 0 Å². The lowest BCUT2D eigenvalue weighted by Crippen LogP contribution is -2.28. The number of rotatable bonds is 5. The van der Waals surface area contributed by atoms with Crippen LogP contribution in [0.2, 0.25) is 0 Å². The van der Waals surface area contributed by atoms with Gasteiger partial charge in [0.2, 0.25) is 5.89 Å². The van der Waals surface area contributed by atoms with Crippen molar-refractivity contribution in [2.24, 2.45) is 5.73 Å². The second kappa shape index (κ2) is 7.88. The van der Waals surface area contributed by atoms with E-state index in [9.17, 15) is 0 Å². The van der Waals surface area contributed by atoms with Crippen LogP contribution in [0.4, 0.5) is 0 Å². The van der Waals surface area contributed by atoms with E-state index < -0.39 is 0 Å². The second-order valence-corrected chi connectivity index (χ2v) is 5.80. The molecular weight excluding hydrogens is 316 g/mol. The highest BCUT2D eigenvalue weighted by Gasteiger charge is 2.32. The van der Waals surface area contributed by atoms with E-state index in [4.69, 9.17) is 15.0 Å². The minimum absolute atomic E-state index is 0. The average Bonchev–Trinajstić information content (AvgIpc) is 3.14. The van der Waals surface area contributed by atoms with Crippen molar-refractivity contribution in [1.29, 1.82) is 0 Å². The largest absolute Gasteiger partial charge is 0.374 e. The molecule has 2 heterocycles. The number of likely N-dealkylation sites (tertiary alicyclic amines) is 1. The van der Waals surface area contributed by atoms with Crippen LogP contribution >= 0.6 is 12.4 Å². The van der Waals surface area contributed by atoms with Gasteiger partial charge in [0.25, 0.3) is 0 Å². The standard InChI is InChI=1S/C16H22N4O2.ClH/c1-11(21-2)16-18-15(22-19-16)10-20-8-13(14(17)9-20)12-6-4-3-5-7-12;/h3-7,11,13-14H,8-10,17H2,1-2H3;1H/t11?,13-,14+;/m0./s1. The molecule has 23 heavy (non-hydrogen) atoms. The number of ether oxygens (including phenoxy) is 1. The smallest absolute Gasteiger partial charge is 0.240 e. The highest BCUT2D eigenvalue weighted by Crippen LogP contribution is 2.27. The molecule has 126 valence electrons. The van der Waals surface area contributed by atoms with Gasteiger partial charge in [-0.2, -0.15) is 4.98 Å². The first-order valence-electron chi connectivity index (χ1n) is 7.55. The number of nitrogens with zero attached hydrogens (tertiary/aromatic N) is 3. The van der Waals surface area contributed by atoms with Crippen molar-refractivity contribution >= 4 is 12.4 Å². The molecule has 1 saturated heterocycles. The van der Waals surface area contributed by atoms with Crippen LogP contribution in [0.5, 0.6) is 0 Å². The van der Waals surface area contributed by atoms with Gasteiger partial charge in [-0.15, -0.1) is 12.4 Å². The molecular formula is C16H23ClN4O2. The lowest BCUT2D eigenvalue weighted by Gasteiger charge is -2.14. The number of aromatic nitrogens is 2. The van der Waals surface area contributed by atoms with Gasteiger partial charge in [-0.3, -0.25) is 4.90 Å². The molecule has 3 rings (SSSR count). The minimum atomic E-state index is -0.157. The SMILES string of the molecule is COC(C)c1noc(CN2C[C@@H](N)[C@H](c3ccccc3)C2)n1.Cl. The molecule has 0 saturated carbocycles. The number of methoxy groups -OCH3 is 1. The lowest BCUT2D eigenvalue weighted by molar-refractivity contribution is 0.109. The number of halogens is 1. The minimum Gasteiger partial charge on any atom is -0.374 e. The molecule has 0 bridgehead atoms. The monoisotopic (exact) mass is 338 g/mol. The van der Waals surface area contributed by atoms with Gasteiger partial charge in [-0.1, -0.05) is 35.5 Å². The van der Waals surface area contributed by atoms with Gasteiger partial charge in [-0.05, 0) is 12.5 Å². The van der Waals surface area contributed by atoms with E-state index in [1.54, 1.807) is 7.11 Å². The third-order valence-electron chi connectivity index (χ3n) is 4.23. The van der Waals surface area contributed by atoms with Crippen molar-refractivity contribution in [1.82, 2.24) is 15.0 Å². The molecule has 1 aromatic carbocycles. The summed E-state index contributed by atoms with van der Waals surface area (Å²) in [5.74, 6) is 1.54. The van der Waals surface area contributed by atoms with E-state index in [0.29, 0.717) is 24.2 Å². The molecule has 2 aromatic rings. The Balaban J connectivity index is 0.00000192. The molecule has 0 amide bonds. The van der Waals surface area contributed by atoms with E-state index in [-0.39, 0.29) is 24.6 Å². The van der Waals surface area contributed by atoms with E-state index >= 15 is 0 Å². The van der Waals surface area contributed by atoms with Crippen molar-refractivity contribution in [2.45, 2.75) is 31.5 Å². The zero-order valence-electron chi connectivity index (χ0n) is 13.4. The van der Waals surface area contributed by atoms with Crippen LogP contribution in [0.1, 0.15) is 36.2 Å².